The van der Waals surface area contributed by atoms with Crippen molar-refractivity contribution in [3.63, 3.8) is 0 Å². The first-order valence-corrected chi connectivity index (χ1v) is 7.56. The van der Waals surface area contributed by atoms with Gasteiger partial charge in [0.25, 0.3) is 0 Å². The molecule has 1 aliphatic rings. The SMILES string of the molecule is CN1CCN(CCCCCBr)c2ccccc21. The predicted molar refractivity (Wildman–Crippen MR) is 79.6 cm³/mol. The van der Waals surface area contributed by atoms with E-state index >= 15 is 0 Å². The fourth-order valence-electron chi connectivity index (χ4n) is 2.37. The largest absolute Gasteiger partial charge is 0.371 e. The van der Waals surface area contributed by atoms with Gasteiger partial charge in [0.05, 0.1) is 11.4 Å². The molecule has 1 heterocycles. The van der Waals surface area contributed by atoms with Crippen LogP contribution < -0.4 is 9.80 Å². The molecule has 2 rings (SSSR count). The van der Waals surface area contributed by atoms with Crippen LogP contribution in [0.2, 0.25) is 0 Å². The number of para-hydroxylation sites is 2. The molecule has 0 aromatic heterocycles. The van der Waals surface area contributed by atoms with Crippen molar-refractivity contribution >= 4 is 27.3 Å². The first-order valence-electron chi connectivity index (χ1n) is 6.44. The zero-order valence-electron chi connectivity index (χ0n) is 10.5. The fourth-order valence-corrected chi connectivity index (χ4v) is 2.77. The molecule has 0 unspecified atom stereocenters. The number of hydrogen-bond acceptors (Lipinski definition) is 2. The smallest absolute Gasteiger partial charge is 0.0604 e. The van der Waals surface area contributed by atoms with Crippen LogP contribution in [-0.4, -0.2) is 32.0 Å². The van der Waals surface area contributed by atoms with Gasteiger partial charge >= 0.3 is 0 Å². The molecule has 0 N–H and O–H groups in total. The number of fused-ring (bicyclic) bond motifs is 1. The van der Waals surface area contributed by atoms with Crippen molar-refractivity contribution in [1.82, 2.24) is 0 Å². The quantitative estimate of drug-likeness (QED) is 0.606. The van der Waals surface area contributed by atoms with Gasteiger partial charge in [0.2, 0.25) is 0 Å². The summed E-state index contributed by atoms with van der Waals surface area (Å²) in [5, 5.41) is 1.13. The number of hydrogen-bond donors (Lipinski definition) is 0. The van der Waals surface area contributed by atoms with Crippen LogP contribution in [0.1, 0.15) is 19.3 Å². The van der Waals surface area contributed by atoms with Gasteiger partial charge in [-0.05, 0) is 25.0 Å². The summed E-state index contributed by atoms with van der Waals surface area (Å²) in [5.41, 5.74) is 2.78. The fraction of sp³-hybridized carbons (Fsp3) is 0.571. The van der Waals surface area contributed by atoms with Crippen LogP contribution in [0.15, 0.2) is 24.3 Å². The van der Waals surface area contributed by atoms with Gasteiger partial charge in [-0.1, -0.05) is 34.5 Å². The first-order chi connectivity index (χ1) is 8.33. The van der Waals surface area contributed by atoms with E-state index in [9.17, 15) is 0 Å². The number of anilines is 2. The molecule has 0 atom stereocenters. The average Bonchev–Trinajstić information content (AvgIpc) is 2.37. The second-order valence-corrected chi connectivity index (χ2v) is 5.44. The Morgan fingerprint density at radius 2 is 1.82 bits per heavy atom. The highest BCUT2D eigenvalue weighted by atomic mass is 79.9. The molecule has 0 saturated heterocycles. The van der Waals surface area contributed by atoms with Gasteiger partial charge < -0.3 is 9.80 Å². The standard InChI is InChI=1S/C14H21BrN2/c1-16-11-12-17(10-6-2-5-9-15)14-8-4-3-7-13(14)16/h3-4,7-8H,2,5-6,9-12H2,1H3. The van der Waals surface area contributed by atoms with E-state index < -0.39 is 0 Å². The Morgan fingerprint density at radius 3 is 2.59 bits per heavy atom. The summed E-state index contributed by atoms with van der Waals surface area (Å²) in [6.07, 6.45) is 3.90. The van der Waals surface area contributed by atoms with Crippen molar-refractivity contribution in [3.8, 4) is 0 Å². The minimum absolute atomic E-state index is 1.13. The highest BCUT2D eigenvalue weighted by molar-refractivity contribution is 9.09. The van der Waals surface area contributed by atoms with Crippen LogP contribution in [0, 0.1) is 0 Å². The van der Waals surface area contributed by atoms with Crippen LogP contribution in [-0.2, 0) is 0 Å². The minimum Gasteiger partial charge on any atom is -0.371 e. The van der Waals surface area contributed by atoms with Crippen molar-refractivity contribution in [2.75, 3.05) is 41.8 Å². The molecule has 1 aliphatic heterocycles. The molecule has 94 valence electrons. The van der Waals surface area contributed by atoms with Gasteiger partial charge in [-0.25, -0.2) is 0 Å². The Balaban J connectivity index is 1.98. The summed E-state index contributed by atoms with van der Waals surface area (Å²) in [6, 6.07) is 8.74. The van der Waals surface area contributed by atoms with Crippen molar-refractivity contribution in [3.05, 3.63) is 24.3 Å². The molecular formula is C14H21BrN2. The van der Waals surface area contributed by atoms with Gasteiger partial charge in [0.1, 0.15) is 0 Å². The third kappa shape index (κ3) is 3.15. The molecule has 17 heavy (non-hydrogen) atoms. The highest BCUT2D eigenvalue weighted by Crippen LogP contribution is 2.31. The third-order valence-corrected chi connectivity index (χ3v) is 3.96. The van der Waals surface area contributed by atoms with E-state index in [1.165, 1.54) is 37.2 Å². The van der Waals surface area contributed by atoms with Gasteiger partial charge in [-0.15, -0.1) is 0 Å². The molecule has 0 aliphatic carbocycles. The Labute approximate surface area is 113 Å². The summed E-state index contributed by atoms with van der Waals surface area (Å²) >= 11 is 3.49. The number of likely N-dealkylation sites (N-methyl/N-ethyl adjacent to an activating group) is 1. The van der Waals surface area contributed by atoms with E-state index in [-0.39, 0.29) is 0 Å². The van der Waals surface area contributed by atoms with Gasteiger partial charge in [-0.2, -0.15) is 0 Å². The van der Waals surface area contributed by atoms with Crippen molar-refractivity contribution in [2.45, 2.75) is 19.3 Å². The number of rotatable bonds is 5. The summed E-state index contributed by atoms with van der Waals surface area (Å²) in [6.45, 7) is 3.48. The number of unbranched alkanes of at least 4 members (excludes halogenated alkanes) is 2. The molecule has 0 saturated carbocycles. The Bertz CT molecular complexity index is 354. The zero-order chi connectivity index (χ0) is 12.1. The minimum atomic E-state index is 1.13. The lowest BCUT2D eigenvalue weighted by molar-refractivity contribution is 0.662. The monoisotopic (exact) mass is 296 g/mol. The lowest BCUT2D eigenvalue weighted by Gasteiger charge is -2.37. The first kappa shape index (κ1) is 12.7. The molecule has 2 nitrogen and oxygen atoms in total. The average molecular weight is 297 g/mol. The van der Waals surface area contributed by atoms with Crippen LogP contribution in [0.5, 0.6) is 0 Å². The molecule has 1 aromatic carbocycles. The highest BCUT2D eigenvalue weighted by Gasteiger charge is 2.18. The maximum Gasteiger partial charge on any atom is 0.0604 e. The topological polar surface area (TPSA) is 6.48 Å². The van der Waals surface area contributed by atoms with E-state index in [0.717, 1.165) is 18.4 Å². The summed E-state index contributed by atoms with van der Waals surface area (Å²) < 4.78 is 0. The van der Waals surface area contributed by atoms with E-state index in [2.05, 4.69) is 57.0 Å². The molecule has 0 amide bonds. The molecule has 0 spiro atoms. The normalized spacial score (nSPS) is 14.9. The maximum absolute atomic E-state index is 3.49. The van der Waals surface area contributed by atoms with E-state index in [0.29, 0.717) is 0 Å². The molecule has 3 heteroatoms. The summed E-state index contributed by atoms with van der Waals surface area (Å²) in [4.78, 5) is 4.88. The van der Waals surface area contributed by atoms with E-state index in [1.54, 1.807) is 0 Å². The third-order valence-electron chi connectivity index (χ3n) is 3.40. The van der Waals surface area contributed by atoms with Gasteiger partial charge in [0, 0.05) is 32.0 Å². The van der Waals surface area contributed by atoms with Crippen molar-refractivity contribution in [1.29, 1.82) is 0 Å². The van der Waals surface area contributed by atoms with E-state index in [4.69, 9.17) is 0 Å². The molecule has 0 radical (unpaired) electrons. The Morgan fingerprint density at radius 1 is 1.06 bits per heavy atom. The van der Waals surface area contributed by atoms with Crippen LogP contribution >= 0.6 is 15.9 Å². The summed E-state index contributed by atoms with van der Waals surface area (Å²) in [5.74, 6) is 0. The number of halogens is 1. The van der Waals surface area contributed by atoms with E-state index in [1.807, 2.05) is 0 Å². The number of alkyl halides is 1. The van der Waals surface area contributed by atoms with Crippen LogP contribution in [0.3, 0.4) is 0 Å². The molecule has 1 aromatic rings. The lowest BCUT2D eigenvalue weighted by atomic mass is 10.1. The summed E-state index contributed by atoms with van der Waals surface area (Å²) in [7, 11) is 2.18. The second kappa shape index (κ2) is 6.29. The Kier molecular flexibility index (Phi) is 4.72. The zero-order valence-corrected chi connectivity index (χ0v) is 12.1. The van der Waals surface area contributed by atoms with Crippen molar-refractivity contribution in [2.24, 2.45) is 0 Å². The predicted octanol–water partition coefficient (Wildman–Crippen LogP) is 3.51. The van der Waals surface area contributed by atoms with Crippen LogP contribution in [0.25, 0.3) is 0 Å². The van der Waals surface area contributed by atoms with Crippen LogP contribution in [0.4, 0.5) is 11.4 Å². The number of benzene rings is 1. The molecular weight excluding hydrogens is 276 g/mol. The van der Waals surface area contributed by atoms with Crippen molar-refractivity contribution < 1.29 is 0 Å². The van der Waals surface area contributed by atoms with Gasteiger partial charge in [0.15, 0.2) is 0 Å². The van der Waals surface area contributed by atoms with Gasteiger partial charge in [-0.3, -0.25) is 0 Å². The second-order valence-electron chi connectivity index (χ2n) is 4.65. The number of nitrogens with zero attached hydrogens (tertiary/aromatic N) is 2. The maximum atomic E-state index is 3.49. The Hall–Kier alpha value is -0.700. The lowest BCUT2D eigenvalue weighted by Crippen LogP contribution is -2.39. The molecule has 0 fully saturated rings. The molecule has 0 bridgehead atoms.